The first-order chi connectivity index (χ1) is 17.5. The van der Waals surface area contributed by atoms with Crippen molar-refractivity contribution in [1.29, 1.82) is 5.26 Å². The molecule has 2 aromatic heterocycles. The lowest BCUT2D eigenvalue weighted by Gasteiger charge is -2.20. The van der Waals surface area contributed by atoms with Crippen LogP contribution >= 0.6 is 11.3 Å². The number of nitrogens with one attached hydrogen (secondary N) is 1. The van der Waals surface area contributed by atoms with Crippen LogP contribution in [0, 0.1) is 17.2 Å². The van der Waals surface area contributed by atoms with E-state index >= 15 is 0 Å². The van der Waals surface area contributed by atoms with E-state index in [1.54, 1.807) is 11.3 Å². The summed E-state index contributed by atoms with van der Waals surface area (Å²) in [5.41, 5.74) is 4.65. The fourth-order valence-corrected chi connectivity index (χ4v) is 6.17. The minimum atomic E-state index is -0.225. The SMILES string of the molecule is CC[C@@H]1CCc2c(sc(NC(=O)c3cc(-c4ccc(OC(C)C)cc4)nc4ccccc34)c2C#N)C1. The number of fused-ring (bicyclic) bond motifs is 2. The quantitative estimate of drug-likeness (QED) is 0.303. The molecule has 1 amide bonds. The minimum absolute atomic E-state index is 0.0963. The zero-order valence-electron chi connectivity index (χ0n) is 20.8. The molecule has 1 N–H and O–H groups in total. The van der Waals surface area contributed by atoms with Gasteiger partial charge in [0.1, 0.15) is 16.8 Å². The number of hydrogen-bond acceptors (Lipinski definition) is 5. The van der Waals surface area contributed by atoms with E-state index in [1.807, 2.05) is 68.4 Å². The van der Waals surface area contributed by atoms with Gasteiger partial charge in [0.2, 0.25) is 0 Å². The third-order valence-corrected chi connectivity index (χ3v) is 7.94. The van der Waals surface area contributed by atoms with E-state index in [-0.39, 0.29) is 12.0 Å². The Morgan fingerprint density at radius 1 is 1.22 bits per heavy atom. The average Bonchev–Trinajstić information content (AvgIpc) is 3.23. The Balaban J connectivity index is 1.50. The first-order valence-electron chi connectivity index (χ1n) is 12.5. The Hall–Kier alpha value is -3.69. The molecule has 0 fully saturated rings. The molecule has 1 aliphatic carbocycles. The normalized spacial score (nSPS) is 14.9. The summed E-state index contributed by atoms with van der Waals surface area (Å²) >= 11 is 1.56. The molecule has 0 saturated heterocycles. The Labute approximate surface area is 215 Å². The van der Waals surface area contributed by atoms with Gasteiger partial charge in [-0.25, -0.2) is 4.98 Å². The van der Waals surface area contributed by atoms with Gasteiger partial charge in [-0.15, -0.1) is 11.3 Å². The standard InChI is InChI=1S/C30H29N3O2S/c1-4-19-9-14-23-25(17-31)30(36-28(23)15-19)33-29(34)24-16-27(32-26-8-6-5-7-22(24)26)20-10-12-21(13-11-20)35-18(2)3/h5-8,10-13,16,18-19H,4,9,14-15H2,1-3H3,(H,33,34)/t19-/m1/s1. The molecule has 5 rings (SSSR count). The van der Waals surface area contributed by atoms with Crippen molar-refractivity contribution in [1.82, 2.24) is 4.98 Å². The summed E-state index contributed by atoms with van der Waals surface area (Å²) in [6.07, 6.45) is 4.22. The van der Waals surface area contributed by atoms with Gasteiger partial charge < -0.3 is 10.1 Å². The summed E-state index contributed by atoms with van der Waals surface area (Å²) in [6.45, 7) is 6.20. The summed E-state index contributed by atoms with van der Waals surface area (Å²) in [4.78, 5) is 19.7. The molecule has 2 heterocycles. The number of nitriles is 1. The predicted octanol–water partition coefficient (Wildman–Crippen LogP) is 7.39. The number of hydrogen-bond donors (Lipinski definition) is 1. The highest BCUT2D eigenvalue weighted by Crippen LogP contribution is 2.40. The second-order valence-corrected chi connectivity index (χ2v) is 10.7. The number of carbonyl (C=O) groups excluding carboxylic acids is 1. The topological polar surface area (TPSA) is 75.0 Å². The largest absolute Gasteiger partial charge is 0.491 e. The molecule has 1 atom stereocenters. The monoisotopic (exact) mass is 495 g/mol. The van der Waals surface area contributed by atoms with Crippen molar-refractivity contribution >= 4 is 33.1 Å². The van der Waals surface area contributed by atoms with Gasteiger partial charge in [0.05, 0.1) is 28.4 Å². The van der Waals surface area contributed by atoms with Gasteiger partial charge in [-0.1, -0.05) is 31.5 Å². The zero-order valence-corrected chi connectivity index (χ0v) is 21.6. The second-order valence-electron chi connectivity index (χ2n) is 9.55. The maximum Gasteiger partial charge on any atom is 0.257 e. The number of thiophene rings is 1. The number of carbonyl (C=O) groups is 1. The number of amides is 1. The van der Waals surface area contributed by atoms with Crippen molar-refractivity contribution in [2.45, 2.75) is 52.6 Å². The maximum atomic E-state index is 13.6. The number of ether oxygens (including phenoxy) is 1. The Kier molecular flexibility index (Phi) is 6.75. The van der Waals surface area contributed by atoms with Crippen LogP contribution in [0.4, 0.5) is 5.00 Å². The third-order valence-electron chi connectivity index (χ3n) is 6.77. The first-order valence-corrected chi connectivity index (χ1v) is 13.3. The highest BCUT2D eigenvalue weighted by atomic mass is 32.1. The fraction of sp³-hybridized carbons (Fsp3) is 0.300. The Bertz CT molecular complexity index is 1460. The van der Waals surface area contributed by atoms with Gasteiger partial charge in [-0.3, -0.25) is 4.79 Å². The zero-order chi connectivity index (χ0) is 25.2. The van der Waals surface area contributed by atoms with Gasteiger partial charge in [-0.05, 0) is 81.0 Å². The molecule has 0 spiro atoms. The average molecular weight is 496 g/mol. The molecule has 0 saturated carbocycles. The number of aromatic nitrogens is 1. The van der Waals surface area contributed by atoms with Gasteiger partial charge in [-0.2, -0.15) is 5.26 Å². The van der Waals surface area contributed by atoms with Gasteiger partial charge >= 0.3 is 0 Å². The molecule has 0 aliphatic heterocycles. The second kappa shape index (κ2) is 10.1. The van der Waals surface area contributed by atoms with Crippen LogP contribution in [0.3, 0.4) is 0 Å². The number of rotatable bonds is 6. The lowest BCUT2D eigenvalue weighted by Crippen LogP contribution is -2.13. The molecule has 6 heteroatoms. The molecule has 182 valence electrons. The van der Waals surface area contributed by atoms with Crippen LogP contribution in [-0.2, 0) is 12.8 Å². The first kappa shape index (κ1) is 24.0. The lowest BCUT2D eigenvalue weighted by atomic mass is 9.86. The summed E-state index contributed by atoms with van der Waals surface area (Å²) in [5.74, 6) is 1.22. The van der Waals surface area contributed by atoms with Gasteiger partial charge in [0, 0.05) is 15.8 Å². The summed E-state index contributed by atoms with van der Waals surface area (Å²) in [6, 6.07) is 19.6. The lowest BCUT2D eigenvalue weighted by molar-refractivity contribution is 0.102. The molecule has 1 aliphatic rings. The summed E-state index contributed by atoms with van der Waals surface area (Å²) in [5, 5.41) is 14.4. The Morgan fingerprint density at radius 2 is 2.00 bits per heavy atom. The molecule has 36 heavy (non-hydrogen) atoms. The van der Waals surface area contributed by atoms with Crippen LogP contribution in [0.15, 0.2) is 54.6 Å². The highest BCUT2D eigenvalue weighted by Gasteiger charge is 2.26. The minimum Gasteiger partial charge on any atom is -0.491 e. The Morgan fingerprint density at radius 3 is 2.72 bits per heavy atom. The van der Waals surface area contributed by atoms with Crippen molar-refractivity contribution in [2.75, 3.05) is 5.32 Å². The fourth-order valence-electron chi connectivity index (χ4n) is 4.87. The van der Waals surface area contributed by atoms with Crippen LogP contribution in [0.25, 0.3) is 22.2 Å². The van der Waals surface area contributed by atoms with E-state index in [0.717, 1.165) is 53.5 Å². The number of anilines is 1. The summed E-state index contributed by atoms with van der Waals surface area (Å²) in [7, 11) is 0. The van der Waals surface area contributed by atoms with Crippen LogP contribution in [0.2, 0.25) is 0 Å². The van der Waals surface area contributed by atoms with Crippen LogP contribution < -0.4 is 10.1 Å². The molecule has 0 radical (unpaired) electrons. The molecular weight excluding hydrogens is 466 g/mol. The van der Waals surface area contributed by atoms with E-state index in [9.17, 15) is 10.1 Å². The third kappa shape index (κ3) is 4.72. The van der Waals surface area contributed by atoms with Crippen LogP contribution in [0.1, 0.15) is 60.0 Å². The van der Waals surface area contributed by atoms with Crippen molar-refractivity contribution in [3.8, 4) is 23.1 Å². The van der Waals surface area contributed by atoms with Gasteiger partial charge in [0.15, 0.2) is 0 Å². The predicted molar refractivity (Wildman–Crippen MR) is 146 cm³/mol. The number of pyridine rings is 1. The molecule has 2 aromatic carbocycles. The van der Waals surface area contributed by atoms with Crippen molar-refractivity contribution < 1.29 is 9.53 Å². The van der Waals surface area contributed by atoms with Crippen LogP contribution in [-0.4, -0.2) is 17.0 Å². The molecule has 0 bridgehead atoms. The molecule has 5 nitrogen and oxygen atoms in total. The van der Waals surface area contributed by atoms with E-state index < -0.39 is 0 Å². The number of benzene rings is 2. The highest BCUT2D eigenvalue weighted by molar-refractivity contribution is 7.16. The van der Waals surface area contributed by atoms with E-state index in [2.05, 4.69) is 18.3 Å². The van der Waals surface area contributed by atoms with E-state index in [4.69, 9.17) is 9.72 Å². The van der Waals surface area contributed by atoms with Crippen molar-refractivity contribution in [3.05, 3.63) is 76.2 Å². The molecule has 0 unspecified atom stereocenters. The molecular formula is C30H29N3O2S. The maximum absolute atomic E-state index is 13.6. The van der Waals surface area contributed by atoms with Crippen molar-refractivity contribution in [2.24, 2.45) is 5.92 Å². The smallest absolute Gasteiger partial charge is 0.257 e. The van der Waals surface area contributed by atoms with Crippen molar-refractivity contribution in [3.63, 3.8) is 0 Å². The summed E-state index contributed by atoms with van der Waals surface area (Å²) < 4.78 is 5.76. The van der Waals surface area contributed by atoms with Crippen LogP contribution in [0.5, 0.6) is 5.75 Å². The number of para-hydroxylation sites is 1. The van der Waals surface area contributed by atoms with E-state index in [0.29, 0.717) is 27.7 Å². The van der Waals surface area contributed by atoms with E-state index in [1.165, 1.54) is 4.88 Å². The van der Waals surface area contributed by atoms with Gasteiger partial charge in [0.25, 0.3) is 5.91 Å². The number of nitrogens with zero attached hydrogens (tertiary/aromatic N) is 2. The molecule has 4 aromatic rings.